The third-order valence-corrected chi connectivity index (χ3v) is 4.01. The molecule has 1 aromatic heterocycles. The normalized spacial score (nSPS) is 14.2. The van der Waals surface area contributed by atoms with E-state index >= 15 is 0 Å². The van der Waals surface area contributed by atoms with E-state index in [1.807, 2.05) is 6.07 Å². The lowest BCUT2D eigenvalue weighted by Gasteiger charge is -2.14. The van der Waals surface area contributed by atoms with Crippen LogP contribution in [0.5, 0.6) is 0 Å². The molecular formula is C17H25N3. The SMILES string of the molecule is CCC(C)n1ccc(CCC(CN)c2ccccc2)n1. The third-order valence-electron chi connectivity index (χ3n) is 4.01. The zero-order chi connectivity index (χ0) is 14.4. The van der Waals surface area contributed by atoms with Crippen LogP contribution in [0, 0.1) is 0 Å². The van der Waals surface area contributed by atoms with E-state index in [0.717, 1.165) is 19.3 Å². The largest absolute Gasteiger partial charge is 0.330 e. The molecule has 1 aromatic carbocycles. The van der Waals surface area contributed by atoms with Gasteiger partial charge in [0.1, 0.15) is 0 Å². The maximum atomic E-state index is 5.92. The standard InChI is InChI=1S/C17H25N3/c1-3-14(2)20-12-11-17(19-20)10-9-16(13-18)15-7-5-4-6-8-15/h4-8,11-12,14,16H,3,9-10,13,18H2,1-2H3. The minimum atomic E-state index is 0.421. The van der Waals surface area contributed by atoms with Gasteiger partial charge in [0.25, 0.3) is 0 Å². The smallest absolute Gasteiger partial charge is 0.0624 e. The van der Waals surface area contributed by atoms with Gasteiger partial charge in [0.05, 0.1) is 5.69 Å². The van der Waals surface area contributed by atoms with Crippen LogP contribution in [0.1, 0.15) is 49.9 Å². The molecule has 0 radical (unpaired) electrons. The number of benzene rings is 1. The van der Waals surface area contributed by atoms with E-state index < -0.39 is 0 Å². The maximum Gasteiger partial charge on any atom is 0.0624 e. The van der Waals surface area contributed by atoms with Crippen LogP contribution < -0.4 is 5.73 Å². The Balaban J connectivity index is 1.95. The first-order chi connectivity index (χ1) is 9.74. The van der Waals surface area contributed by atoms with E-state index in [1.54, 1.807) is 0 Å². The van der Waals surface area contributed by atoms with Crippen molar-refractivity contribution in [3.63, 3.8) is 0 Å². The summed E-state index contributed by atoms with van der Waals surface area (Å²) < 4.78 is 2.06. The van der Waals surface area contributed by atoms with Gasteiger partial charge in [-0.3, -0.25) is 4.68 Å². The maximum absolute atomic E-state index is 5.92. The summed E-state index contributed by atoms with van der Waals surface area (Å²) in [6.07, 6.45) is 5.23. The predicted molar refractivity (Wildman–Crippen MR) is 83.8 cm³/mol. The number of rotatable bonds is 7. The lowest BCUT2D eigenvalue weighted by atomic mass is 9.94. The van der Waals surface area contributed by atoms with E-state index in [1.165, 1.54) is 11.3 Å². The zero-order valence-corrected chi connectivity index (χ0v) is 12.5. The number of aryl methyl sites for hydroxylation is 1. The van der Waals surface area contributed by atoms with Crippen molar-refractivity contribution in [2.75, 3.05) is 6.54 Å². The van der Waals surface area contributed by atoms with Crippen molar-refractivity contribution in [3.8, 4) is 0 Å². The molecule has 1 heterocycles. The quantitative estimate of drug-likeness (QED) is 0.837. The molecule has 0 aliphatic carbocycles. The number of hydrogen-bond donors (Lipinski definition) is 1. The summed E-state index contributed by atoms with van der Waals surface area (Å²) in [4.78, 5) is 0. The molecule has 0 saturated carbocycles. The van der Waals surface area contributed by atoms with Gasteiger partial charge in [-0.15, -0.1) is 0 Å². The lowest BCUT2D eigenvalue weighted by Crippen LogP contribution is -2.13. The van der Waals surface area contributed by atoms with Crippen LogP contribution in [0.15, 0.2) is 42.6 Å². The Morgan fingerprint density at radius 1 is 1.20 bits per heavy atom. The Bertz CT molecular complexity index is 504. The molecule has 20 heavy (non-hydrogen) atoms. The van der Waals surface area contributed by atoms with Crippen molar-refractivity contribution >= 4 is 0 Å². The van der Waals surface area contributed by atoms with Gasteiger partial charge >= 0.3 is 0 Å². The molecule has 3 heteroatoms. The fourth-order valence-electron chi connectivity index (χ4n) is 2.41. The van der Waals surface area contributed by atoms with Crippen LogP contribution in [0.2, 0.25) is 0 Å². The minimum Gasteiger partial charge on any atom is -0.330 e. The molecule has 0 amide bonds. The topological polar surface area (TPSA) is 43.8 Å². The Hall–Kier alpha value is -1.61. The molecule has 108 valence electrons. The summed E-state index contributed by atoms with van der Waals surface area (Å²) in [5.74, 6) is 0.421. The Morgan fingerprint density at radius 3 is 2.60 bits per heavy atom. The van der Waals surface area contributed by atoms with E-state index in [-0.39, 0.29) is 0 Å². The molecule has 0 aliphatic rings. The van der Waals surface area contributed by atoms with Crippen LogP contribution in [0.3, 0.4) is 0 Å². The third kappa shape index (κ3) is 3.70. The number of nitrogens with zero attached hydrogens (tertiary/aromatic N) is 2. The van der Waals surface area contributed by atoms with Crippen LogP contribution in [0.4, 0.5) is 0 Å². The van der Waals surface area contributed by atoms with Gasteiger partial charge in [-0.25, -0.2) is 0 Å². The molecule has 0 aliphatic heterocycles. The number of nitrogens with two attached hydrogens (primary N) is 1. The first-order valence-electron chi connectivity index (χ1n) is 7.53. The summed E-state index contributed by atoms with van der Waals surface area (Å²) in [5.41, 5.74) is 8.41. The van der Waals surface area contributed by atoms with Gasteiger partial charge in [-0.2, -0.15) is 5.10 Å². The number of aromatic nitrogens is 2. The Labute approximate surface area is 121 Å². The molecule has 0 spiro atoms. The van der Waals surface area contributed by atoms with Crippen molar-refractivity contribution < 1.29 is 0 Å². The van der Waals surface area contributed by atoms with Crippen LogP contribution in [0.25, 0.3) is 0 Å². The van der Waals surface area contributed by atoms with Crippen molar-refractivity contribution in [3.05, 3.63) is 53.9 Å². The second-order valence-electron chi connectivity index (χ2n) is 5.43. The first kappa shape index (κ1) is 14.8. The van der Waals surface area contributed by atoms with Gasteiger partial charge in [0.15, 0.2) is 0 Å². The van der Waals surface area contributed by atoms with Gasteiger partial charge in [-0.05, 0) is 50.3 Å². The van der Waals surface area contributed by atoms with Crippen LogP contribution in [-0.4, -0.2) is 16.3 Å². The van der Waals surface area contributed by atoms with E-state index in [9.17, 15) is 0 Å². The Kier molecular flexibility index (Phi) is 5.36. The molecule has 2 rings (SSSR count). The highest BCUT2D eigenvalue weighted by Gasteiger charge is 2.11. The summed E-state index contributed by atoms with van der Waals surface area (Å²) in [6.45, 7) is 5.07. The van der Waals surface area contributed by atoms with E-state index in [4.69, 9.17) is 5.73 Å². The molecule has 2 atom stereocenters. The Morgan fingerprint density at radius 2 is 1.95 bits per heavy atom. The highest BCUT2D eigenvalue weighted by atomic mass is 15.3. The zero-order valence-electron chi connectivity index (χ0n) is 12.5. The monoisotopic (exact) mass is 271 g/mol. The van der Waals surface area contributed by atoms with Crippen LogP contribution in [-0.2, 0) is 6.42 Å². The van der Waals surface area contributed by atoms with Crippen molar-refractivity contribution in [1.29, 1.82) is 0 Å². The van der Waals surface area contributed by atoms with Gasteiger partial charge in [0.2, 0.25) is 0 Å². The first-order valence-corrected chi connectivity index (χ1v) is 7.53. The van der Waals surface area contributed by atoms with Crippen LogP contribution >= 0.6 is 0 Å². The highest BCUT2D eigenvalue weighted by Crippen LogP contribution is 2.20. The van der Waals surface area contributed by atoms with Gasteiger partial charge < -0.3 is 5.73 Å². The summed E-state index contributed by atoms with van der Waals surface area (Å²) in [6, 6.07) is 13.1. The van der Waals surface area contributed by atoms with Gasteiger partial charge in [-0.1, -0.05) is 37.3 Å². The average Bonchev–Trinajstić information content (AvgIpc) is 2.97. The summed E-state index contributed by atoms with van der Waals surface area (Å²) in [7, 11) is 0. The fraction of sp³-hybridized carbons (Fsp3) is 0.471. The van der Waals surface area contributed by atoms with E-state index in [0.29, 0.717) is 18.5 Å². The molecule has 2 N–H and O–H groups in total. The molecule has 0 fully saturated rings. The predicted octanol–water partition coefficient (Wildman–Crippen LogP) is 3.53. The van der Waals surface area contributed by atoms with E-state index in [2.05, 4.69) is 60.2 Å². The second kappa shape index (κ2) is 7.25. The minimum absolute atomic E-state index is 0.421. The molecular weight excluding hydrogens is 246 g/mol. The second-order valence-corrected chi connectivity index (χ2v) is 5.43. The van der Waals surface area contributed by atoms with Gasteiger partial charge in [0, 0.05) is 12.2 Å². The lowest BCUT2D eigenvalue weighted by molar-refractivity contribution is 0.472. The molecule has 0 saturated heterocycles. The summed E-state index contributed by atoms with van der Waals surface area (Å²) >= 11 is 0. The fourth-order valence-corrected chi connectivity index (χ4v) is 2.41. The molecule has 2 unspecified atom stereocenters. The molecule has 2 aromatic rings. The number of hydrogen-bond acceptors (Lipinski definition) is 2. The van der Waals surface area contributed by atoms with Crippen molar-refractivity contribution in [1.82, 2.24) is 9.78 Å². The molecule has 3 nitrogen and oxygen atoms in total. The average molecular weight is 271 g/mol. The molecule has 0 bridgehead atoms. The van der Waals surface area contributed by atoms with Crippen molar-refractivity contribution in [2.45, 2.75) is 45.1 Å². The van der Waals surface area contributed by atoms with Crippen molar-refractivity contribution in [2.24, 2.45) is 5.73 Å². The highest BCUT2D eigenvalue weighted by molar-refractivity contribution is 5.20. The summed E-state index contributed by atoms with van der Waals surface area (Å²) in [5, 5.41) is 4.66.